The van der Waals surface area contributed by atoms with E-state index in [0.29, 0.717) is 12.0 Å². The highest BCUT2D eigenvalue weighted by Crippen LogP contribution is 2.34. The molecule has 1 heterocycles. The van der Waals surface area contributed by atoms with Crippen LogP contribution >= 0.6 is 15.9 Å². The van der Waals surface area contributed by atoms with Crippen molar-refractivity contribution in [2.24, 2.45) is 13.0 Å². The van der Waals surface area contributed by atoms with Gasteiger partial charge in [-0.15, -0.1) is 5.10 Å². The molecule has 1 unspecified atom stereocenters. The van der Waals surface area contributed by atoms with Crippen LogP contribution in [0.5, 0.6) is 0 Å². The van der Waals surface area contributed by atoms with E-state index in [9.17, 15) is 0 Å². The summed E-state index contributed by atoms with van der Waals surface area (Å²) in [5, 5.41) is 11.7. The number of hydrogen-bond donors (Lipinski definition) is 1. The molecule has 1 aliphatic carbocycles. The van der Waals surface area contributed by atoms with Gasteiger partial charge in [-0.05, 0) is 41.7 Å². The Morgan fingerprint density at radius 3 is 2.33 bits per heavy atom. The molecule has 0 radical (unpaired) electrons. The van der Waals surface area contributed by atoms with E-state index < -0.39 is 0 Å². The molecular formula is C13H23BrN4. The maximum absolute atomic E-state index is 4.11. The van der Waals surface area contributed by atoms with Gasteiger partial charge in [-0.2, -0.15) is 0 Å². The zero-order valence-electron chi connectivity index (χ0n) is 11.3. The Bertz CT molecular complexity index is 350. The molecule has 1 aromatic rings. The van der Waals surface area contributed by atoms with Crippen molar-refractivity contribution in [3.8, 4) is 0 Å². The lowest BCUT2D eigenvalue weighted by molar-refractivity contribution is 0.289. The van der Waals surface area contributed by atoms with Crippen molar-refractivity contribution in [1.82, 2.24) is 20.3 Å². The third-order valence-electron chi connectivity index (χ3n) is 4.05. The Hall–Kier alpha value is -0.420. The molecule has 18 heavy (non-hydrogen) atoms. The van der Waals surface area contributed by atoms with Crippen molar-refractivity contribution in [2.75, 3.05) is 7.05 Å². The Morgan fingerprint density at radius 1 is 1.22 bits per heavy atom. The summed E-state index contributed by atoms with van der Waals surface area (Å²) >= 11 is 3.53. The second-order valence-electron chi connectivity index (χ2n) is 5.26. The van der Waals surface area contributed by atoms with Crippen LogP contribution in [0.4, 0.5) is 0 Å². The summed E-state index contributed by atoms with van der Waals surface area (Å²) in [6.45, 7) is 0. The number of hydrogen-bond acceptors (Lipinski definition) is 3. The fourth-order valence-corrected chi connectivity index (χ4v) is 3.66. The number of halogens is 1. The van der Waals surface area contributed by atoms with Gasteiger partial charge in [-0.1, -0.05) is 37.3 Å². The molecule has 102 valence electrons. The van der Waals surface area contributed by atoms with E-state index in [1.54, 1.807) is 0 Å². The smallest absolute Gasteiger partial charge is 0.153 e. The second-order valence-corrected chi connectivity index (χ2v) is 6.01. The molecule has 1 N–H and O–H groups in total. The highest BCUT2D eigenvalue weighted by atomic mass is 79.9. The molecule has 2 rings (SSSR count). The van der Waals surface area contributed by atoms with E-state index in [0.717, 1.165) is 4.60 Å². The lowest BCUT2D eigenvalue weighted by Gasteiger charge is -2.28. The van der Waals surface area contributed by atoms with E-state index >= 15 is 0 Å². The summed E-state index contributed by atoms with van der Waals surface area (Å²) in [6, 6.07) is 0.359. The van der Waals surface area contributed by atoms with Crippen LogP contribution < -0.4 is 5.32 Å². The minimum Gasteiger partial charge on any atom is -0.311 e. The van der Waals surface area contributed by atoms with Gasteiger partial charge in [-0.25, -0.2) is 4.68 Å². The summed E-state index contributed by atoms with van der Waals surface area (Å²) in [5.41, 5.74) is 1.18. The van der Waals surface area contributed by atoms with Crippen LogP contribution in [0.1, 0.15) is 56.7 Å². The second kappa shape index (κ2) is 6.66. The van der Waals surface area contributed by atoms with Gasteiger partial charge in [0, 0.05) is 7.05 Å². The molecule has 1 aliphatic rings. The molecule has 5 heteroatoms. The van der Waals surface area contributed by atoms with Crippen LogP contribution in [0.15, 0.2) is 4.60 Å². The third kappa shape index (κ3) is 3.12. The van der Waals surface area contributed by atoms with Crippen LogP contribution in [0.3, 0.4) is 0 Å². The first-order valence-electron chi connectivity index (χ1n) is 6.96. The average molecular weight is 315 g/mol. The van der Waals surface area contributed by atoms with Crippen molar-refractivity contribution in [3.63, 3.8) is 0 Å². The molecule has 1 fully saturated rings. The van der Waals surface area contributed by atoms with E-state index in [-0.39, 0.29) is 0 Å². The fraction of sp³-hybridized carbons (Fsp3) is 0.846. The maximum Gasteiger partial charge on any atom is 0.153 e. The first-order valence-corrected chi connectivity index (χ1v) is 7.75. The summed E-state index contributed by atoms with van der Waals surface area (Å²) in [5.74, 6) is 0.698. The van der Waals surface area contributed by atoms with Crippen LogP contribution in [0.25, 0.3) is 0 Å². The predicted molar refractivity (Wildman–Crippen MR) is 76.3 cm³/mol. The Kier molecular flexibility index (Phi) is 5.18. The third-order valence-corrected chi connectivity index (χ3v) is 4.62. The molecule has 1 saturated carbocycles. The molecule has 0 saturated heterocycles. The van der Waals surface area contributed by atoms with Crippen molar-refractivity contribution in [1.29, 1.82) is 0 Å². The minimum absolute atomic E-state index is 0.359. The van der Waals surface area contributed by atoms with Crippen molar-refractivity contribution in [2.45, 2.75) is 51.0 Å². The van der Waals surface area contributed by atoms with Gasteiger partial charge >= 0.3 is 0 Å². The van der Waals surface area contributed by atoms with Crippen molar-refractivity contribution in [3.05, 3.63) is 10.3 Å². The van der Waals surface area contributed by atoms with Crippen LogP contribution in [-0.2, 0) is 7.05 Å². The topological polar surface area (TPSA) is 42.7 Å². The van der Waals surface area contributed by atoms with Gasteiger partial charge in [0.1, 0.15) is 0 Å². The maximum atomic E-state index is 4.11. The Labute approximate surface area is 118 Å². The Morgan fingerprint density at radius 2 is 1.83 bits per heavy atom. The van der Waals surface area contributed by atoms with Gasteiger partial charge < -0.3 is 5.32 Å². The predicted octanol–water partition coefficient (Wildman–Crippen LogP) is 3.20. The average Bonchev–Trinajstić information content (AvgIpc) is 2.64. The largest absolute Gasteiger partial charge is 0.311 e. The van der Waals surface area contributed by atoms with Gasteiger partial charge in [0.05, 0.1) is 11.7 Å². The molecular weight excluding hydrogens is 292 g/mol. The first-order chi connectivity index (χ1) is 8.74. The molecule has 0 amide bonds. The normalized spacial score (nSPS) is 20.4. The van der Waals surface area contributed by atoms with Crippen LogP contribution in [0.2, 0.25) is 0 Å². The summed E-state index contributed by atoms with van der Waals surface area (Å²) in [7, 11) is 4.02. The van der Waals surface area contributed by atoms with Gasteiger partial charge in [0.2, 0.25) is 0 Å². The lowest BCUT2D eigenvalue weighted by atomic mass is 9.84. The van der Waals surface area contributed by atoms with E-state index in [2.05, 4.69) is 31.6 Å². The minimum atomic E-state index is 0.359. The quantitative estimate of drug-likeness (QED) is 0.931. The van der Waals surface area contributed by atoms with Crippen molar-refractivity contribution < 1.29 is 0 Å². The molecule has 0 aromatic carbocycles. The number of aryl methyl sites for hydroxylation is 1. The molecule has 0 bridgehead atoms. The monoisotopic (exact) mass is 314 g/mol. The van der Waals surface area contributed by atoms with Crippen LogP contribution in [-0.4, -0.2) is 22.0 Å². The number of nitrogens with zero attached hydrogens (tertiary/aromatic N) is 3. The number of aromatic nitrogens is 3. The lowest BCUT2D eigenvalue weighted by Crippen LogP contribution is -2.28. The first kappa shape index (κ1) is 14.0. The van der Waals surface area contributed by atoms with Gasteiger partial charge in [0.25, 0.3) is 0 Å². The van der Waals surface area contributed by atoms with E-state index in [4.69, 9.17) is 0 Å². The zero-order chi connectivity index (χ0) is 13.0. The molecule has 0 aliphatic heterocycles. The number of nitrogens with one attached hydrogen (secondary N) is 1. The zero-order valence-corrected chi connectivity index (χ0v) is 12.9. The van der Waals surface area contributed by atoms with Gasteiger partial charge in [0.15, 0.2) is 4.60 Å². The van der Waals surface area contributed by atoms with E-state index in [1.165, 1.54) is 50.6 Å². The highest BCUT2D eigenvalue weighted by Gasteiger charge is 2.27. The SMILES string of the molecule is CNC(c1c(Br)nnn1C)C1CCCCCCC1. The van der Waals surface area contributed by atoms with Crippen molar-refractivity contribution >= 4 is 15.9 Å². The highest BCUT2D eigenvalue weighted by molar-refractivity contribution is 9.10. The summed E-state index contributed by atoms with van der Waals surface area (Å²) in [4.78, 5) is 0. The van der Waals surface area contributed by atoms with E-state index in [1.807, 2.05) is 18.8 Å². The summed E-state index contributed by atoms with van der Waals surface area (Å²) < 4.78 is 2.77. The van der Waals surface area contributed by atoms with Gasteiger partial charge in [-0.3, -0.25) is 0 Å². The molecule has 4 nitrogen and oxygen atoms in total. The molecule has 0 spiro atoms. The molecule has 1 aromatic heterocycles. The van der Waals surface area contributed by atoms with Crippen LogP contribution in [0, 0.1) is 5.92 Å². The number of rotatable bonds is 3. The fourth-order valence-electron chi connectivity index (χ4n) is 3.09. The summed E-state index contributed by atoms with van der Waals surface area (Å²) in [6.07, 6.45) is 9.51. The Balaban J connectivity index is 2.16. The standard InChI is InChI=1S/C13H23BrN4/c1-15-11(12-13(14)16-17-18(12)2)10-8-6-4-3-5-7-9-10/h10-11,15H,3-9H2,1-2H3. The molecule has 1 atom stereocenters.